The van der Waals surface area contributed by atoms with Gasteiger partial charge in [-0.2, -0.15) is 0 Å². The van der Waals surface area contributed by atoms with Gasteiger partial charge in [0.1, 0.15) is 0 Å². The molecular formula is C19H28O. The van der Waals surface area contributed by atoms with Gasteiger partial charge in [-0.05, 0) is 29.9 Å². The van der Waals surface area contributed by atoms with Crippen LogP contribution in [0.2, 0.25) is 0 Å². The highest BCUT2D eigenvalue weighted by Gasteiger charge is 2.17. The van der Waals surface area contributed by atoms with E-state index in [0.717, 1.165) is 18.4 Å². The number of benzene rings is 1. The van der Waals surface area contributed by atoms with E-state index in [1.165, 1.54) is 44.1 Å². The Bertz CT molecular complexity index is 425. The summed E-state index contributed by atoms with van der Waals surface area (Å²) in [6.07, 6.45) is 9.64. The third kappa shape index (κ3) is 4.77. The minimum Gasteiger partial charge on any atom is -0.294 e. The topological polar surface area (TPSA) is 17.1 Å². The molecule has 0 bridgehead atoms. The Kier molecular flexibility index (Phi) is 5.82. The van der Waals surface area contributed by atoms with Crippen LogP contribution in [0.1, 0.15) is 74.7 Å². The van der Waals surface area contributed by atoms with Crippen LogP contribution in [0, 0.1) is 11.8 Å². The summed E-state index contributed by atoms with van der Waals surface area (Å²) < 4.78 is 0. The largest absolute Gasteiger partial charge is 0.294 e. The Balaban J connectivity index is 1.97. The minimum absolute atomic E-state index is 0.350. The molecule has 0 spiro atoms. The number of hydrogen-bond donors (Lipinski definition) is 0. The summed E-state index contributed by atoms with van der Waals surface area (Å²) in [6, 6.07) is 8.28. The Labute approximate surface area is 123 Å². The third-order valence-electron chi connectivity index (χ3n) is 4.34. The first-order chi connectivity index (χ1) is 9.65. The Morgan fingerprint density at radius 3 is 2.50 bits per heavy atom. The standard InChI is InChI=1S/C19H28O/c1-15(2)12-17-10-7-11-18(13-17)19(20)14-16-8-5-3-4-6-9-16/h7,10-11,13,15-16H,3-6,8-9,12,14H2,1-2H3. The van der Waals surface area contributed by atoms with Crippen LogP contribution in [0.15, 0.2) is 24.3 Å². The lowest BCUT2D eigenvalue weighted by molar-refractivity contribution is 0.0957. The average molecular weight is 272 g/mol. The van der Waals surface area contributed by atoms with E-state index in [2.05, 4.69) is 26.0 Å². The number of rotatable bonds is 5. The first-order valence-corrected chi connectivity index (χ1v) is 8.27. The zero-order valence-corrected chi connectivity index (χ0v) is 13.0. The highest BCUT2D eigenvalue weighted by atomic mass is 16.1. The van der Waals surface area contributed by atoms with Crippen molar-refractivity contribution in [2.45, 2.75) is 65.2 Å². The molecule has 1 nitrogen and oxygen atoms in total. The van der Waals surface area contributed by atoms with E-state index in [0.29, 0.717) is 17.6 Å². The number of ketones is 1. The Morgan fingerprint density at radius 1 is 1.15 bits per heavy atom. The first-order valence-electron chi connectivity index (χ1n) is 8.27. The molecule has 0 saturated heterocycles. The molecule has 1 aromatic carbocycles. The van der Waals surface area contributed by atoms with Crippen molar-refractivity contribution < 1.29 is 4.79 Å². The predicted molar refractivity (Wildman–Crippen MR) is 85.1 cm³/mol. The van der Waals surface area contributed by atoms with Crippen molar-refractivity contribution >= 4 is 5.78 Å². The van der Waals surface area contributed by atoms with E-state index < -0.39 is 0 Å². The lowest BCUT2D eigenvalue weighted by Gasteiger charge is -2.13. The van der Waals surface area contributed by atoms with Gasteiger partial charge in [0, 0.05) is 12.0 Å². The molecule has 0 unspecified atom stereocenters. The molecule has 110 valence electrons. The maximum absolute atomic E-state index is 12.5. The molecule has 1 aromatic rings. The summed E-state index contributed by atoms with van der Waals surface area (Å²) in [5.74, 6) is 1.61. The lowest BCUT2D eigenvalue weighted by atomic mass is 9.91. The van der Waals surface area contributed by atoms with Crippen LogP contribution in [-0.4, -0.2) is 5.78 Å². The molecule has 2 rings (SSSR count). The van der Waals surface area contributed by atoms with Gasteiger partial charge in [0.05, 0.1) is 0 Å². The number of Topliss-reactive ketones (excluding diaryl/α,β-unsaturated/α-hetero) is 1. The molecule has 0 aromatic heterocycles. The van der Waals surface area contributed by atoms with E-state index >= 15 is 0 Å². The van der Waals surface area contributed by atoms with E-state index in [9.17, 15) is 4.79 Å². The third-order valence-corrected chi connectivity index (χ3v) is 4.34. The molecule has 0 radical (unpaired) electrons. The lowest BCUT2D eigenvalue weighted by Crippen LogP contribution is -2.09. The second-order valence-corrected chi connectivity index (χ2v) is 6.78. The first kappa shape index (κ1) is 15.3. The van der Waals surface area contributed by atoms with Gasteiger partial charge in [-0.15, -0.1) is 0 Å². The van der Waals surface area contributed by atoms with Crippen LogP contribution < -0.4 is 0 Å². The monoisotopic (exact) mass is 272 g/mol. The second kappa shape index (κ2) is 7.61. The summed E-state index contributed by atoms with van der Waals surface area (Å²) >= 11 is 0. The van der Waals surface area contributed by atoms with Crippen molar-refractivity contribution in [1.29, 1.82) is 0 Å². The molecular weight excluding hydrogens is 244 g/mol. The molecule has 1 saturated carbocycles. The van der Waals surface area contributed by atoms with Gasteiger partial charge in [-0.25, -0.2) is 0 Å². The van der Waals surface area contributed by atoms with E-state index in [-0.39, 0.29) is 0 Å². The van der Waals surface area contributed by atoms with E-state index in [4.69, 9.17) is 0 Å². The zero-order chi connectivity index (χ0) is 14.4. The van der Waals surface area contributed by atoms with Crippen LogP contribution in [0.3, 0.4) is 0 Å². The zero-order valence-electron chi connectivity index (χ0n) is 13.0. The summed E-state index contributed by atoms with van der Waals surface area (Å²) in [5.41, 5.74) is 2.22. The van der Waals surface area contributed by atoms with Gasteiger partial charge in [0.25, 0.3) is 0 Å². The summed E-state index contributed by atoms with van der Waals surface area (Å²) in [6.45, 7) is 4.44. The normalized spacial score (nSPS) is 17.1. The molecule has 0 N–H and O–H groups in total. The van der Waals surface area contributed by atoms with Gasteiger partial charge in [0.2, 0.25) is 0 Å². The summed E-state index contributed by atoms with van der Waals surface area (Å²) in [7, 11) is 0. The van der Waals surface area contributed by atoms with Gasteiger partial charge >= 0.3 is 0 Å². The molecule has 0 aliphatic heterocycles. The van der Waals surface area contributed by atoms with Crippen molar-refractivity contribution in [1.82, 2.24) is 0 Å². The summed E-state index contributed by atoms with van der Waals surface area (Å²) in [5, 5.41) is 0. The van der Waals surface area contributed by atoms with Crippen LogP contribution in [0.4, 0.5) is 0 Å². The molecule has 1 fully saturated rings. The minimum atomic E-state index is 0.350. The maximum atomic E-state index is 12.5. The summed E-state index contributed by atoms with van der Waals surface area (Å²) in [4.78, 5) is 12.5. The number of hydrogen-bond acceptors (Lipinski definition) is 1. The van der Waals surface area contributed by atoms with Crippen LogP contribution >= 0.6 is 0 Å². The SMILES string of the molecule is CC(C)Cc1cccc(C(=O)CC2CCCCCC2)c1. The quantitative estimate of drug-likeness (QED) is 0.516. The van der Waals surface area contributed by atoms with Crippen molar-refractivity contribution in [3.63, 3.8) is 0 Å². The second-order valence-electron chi connectivity index (χ2n) is 6.78. The van der Waals surface area contributed by atoms with Crippen LogP contribution in [0.25, 0.3) is 0 Å². The highest BCUT2D eigenvalue weighted by Crippen LogP contribution is 2.26. The maximum Gasteiger partial charge on any atom is 0.163 e. The fraction of sp³-hybridized carbons (Fsp3) is 0.632. The highest BCUT2D eigenvalue weighted by molar-refractivity contribution is 5.96. The van der Waals surface area contributed by atoms with E-state index in [1.807, 2.05) is 12.1 Å². The molecule has 1 aliphatic rings. The van der Waals surface area contributed by atoms with Crippen molar-refractivity contribution in [2.75, 3.05) is 0 Å². The number of carbonyl (C=O) groups is 1. The molecule has 20 heavy (non-hydrogen) atoms. The Morgan fingerprint density at radius 2 is 1.85 bits per heavy atom. The van der Waals surface area contributed by atoms with Crippen molar-refractivity contribution in [2.24, 2.45) is 11.8 Å². The van der Waals surface area contributed by atoms with Gasteiger partial charge in [-0.1, -0.05) is 70.6 Å². The van der Waals surface area contributed by atoms with Crippen molar-refractivity contribution in [3.8, 4) is 0 Å². The molecule has 0 heterocycles. The van der Waals surface area contributed by atoms with Crippen molar-refractivity contribution in [3.05, 3.63) is 35.4 Å². The van der Waals surface area contributed by atoms with Crippen LogP contribution in [0.5, 0.6) is 0 Å². The molecule has 0 amide bonds. The fourth-order valence-corrected chi connectivity index (χ4v) is 3.29. The van der Waals surface area contributed by atoms with Crippen LogP contribution in [-0.2, 0) is 6.42 Å². The molecule has 1 heteroatoms. The Hall–Kier alpha value is -1.11. The smallest absolute Gasteiger partial charge is 0.163 e. The molecule has 0 atom stereocenters. The average Bonchev–Trinajstić information content (AvgIpc) is 2.67. The fourth-order valence-electron chi connectivity index (χ4n) is 3.29. The number of carbonyl (C=O) groups excluding carboxylic acids is 1. The van der Waals surface area contributed by atoms with E-state index in [1.54, 1.807) is 0 Å². The van der Waals surface area contributed by atoms with Gasteiger partial charge < -0.3 is 0 Å². The molecule has 1 aliphatic carbocycles. The van der Waals surface area contributed by atoms with Gasteiger partial charge in [-0.3, -0.25) is 4.79 Å². The van der Waals surface area contributed by atoms with Gasteiger partial charge in [0.15, 0.2) is 5.78 Å². The predicted octanol–water partition coefficient (Wildman–Crippen LogP) is 5.43.